The minimum Gasteiger partial charge on any atom is -0.324 e. The highest BCUT2D eigenvalue weighted by Crippen LogP contribution is 2.18. The van der Waals surface area contributed by atoms with Gasteiger partial charge in [0.1, 0.15) is 12.9 Å². The van der Waals surface area contributed by atoms with Gasteiger partial charge < -0.3 is 5.32 Å². The molecular weight excluding hydrogens is 330 g/mol. The number of rotatable bonds is 3. The van der Waals surface area contributed by atoms with Gasteiger partial charge >= 0.3 is 5.69 Å². The molecule has 0 saturated heterocycles. The van der Waals surface area contributed by atoms with E-state index in [1.54, 1.807) is 0 Å². The molecule has 0 unspecified atom stereocenters. The van der Waals surface area contributed by atoms with Crippen molar-refractivity contribution >= 4 is 28.1 Å². The number of aryl methyl sites for hydroxylation is 1. The number of nitrogens with one attached hydrogen (secondary N) is 1. The zero-order valence-corrected chi connectivity index (χ0v) is 14.4. The number of nitrogens with zero attached hydrogens (tertiary/aromatic N) is 4. The molecule has 130 valence electrons. The summed E-state index contributed by atoms with van der Waals surface area (Å²) in [5.74, 6) is -0.304. The largest absolute Gasteiger partial charge is 0.352 e. The second kappa shape index (κ2) is 6.11. The quantitative estimate of drug-likeness (QED) is 0.616. The third kappa shape index (κ3) is 2.63. The van der Waals surface area contributed by atoms with Gasteiger partial charge in [-0.05, 0) is 43.2 Å². The van der Waals surface area contributed by atoms with Crippen molar-refractivity contribution < 1.29 is 4.79 Å². The van der Waals surface area contributed by atoms with E-state index >= 15 is 0 Å². The molecule has 2 aromatic heterocycles. The van der Waals surface area contributed by atoms with Gasteiger partial charge in [0, 0.05) is 11.1 Å². The standard InChI is InChI=1S/C19H17N5O2/c1-12-6-5-9-15(13(12)2)21-17(25)10-24-19(26)23-11-20-16-8-4-3-7-14(16)18(23)22-24/h3-9,11H,10H2,1-2H3,(H,21,25). The average molecular weight is 347 g/mol. The number of hydrogen-bond donors (Lipinski definition) is 1. The van der Waals surface area contributed by atoms with E-state index in [0.29, 0.717) is 5.65 Å². The SMILES string of the molecule is Cc1cccc(NC(=O)Cn2nc3c4ccccc4ncn3c2=O)c1C. The van der Waals surface area contributed by atoms with Crippen LogP contribution in [0.1, 0.15) is 11.1 Å². The van der Waals surface area contributed by atoms with Crippen molar-refractivity contribution in [1.29, 1.82) is 0 Å². The van der Waals surface area contributed by atoms with Gasteiger partial charge in [-0.2, -0.15) is 0 Å². The summed E-state index contributed by atoms with van der Waals surface area (Å²) in [5, 5.41) is 7.94. The molecule has 0 aliphatic heterocycles. The third-order valence-electron chi connectivity index (χ3n) is 4.50. The van der Waals surface area contributed by atoms with E-state index in [0.717, 1.165) is 32.4 Å². The molecule has 7 nitrogen and oxygen atoms in total. The Kier molecular flexibility index (Phi) is 3.76. The number of benzene rings is 2. The zero-order valence-electron chi connectivity index (χ0n) is 14.4. The van der Waals surface area contributed by atoms with Crippen molar-refractivity contribution in [3.05, 3.63) is 70.4 Å². The first-order valence-corrected chi connectivity index (χ1v) is 8.23. The summed E-state index contributed by atoms with van der Waals surface area (Å²) in [4.78, 5) is 29.2. The van der Waals surface area contributed by atoms with Crippen molar-refractivity contribution in [3.8, 4) is 0 Å². The summed E-state index contributed by atoms with van der Waals surface area (Å²) in [5.41, 5.74) is 3.66. The van der Waals surface area contributed by atoms with Crippen LogP contribution in [-0.4, -0.2) is 25.1 Å². The summed E-state index contributed by atoms with van der Waals surface area (Å²) >= 11 is 0. The van der Waals surface area contributed by atoms with Gasteiger partial charge in [-0.3, -0.25) is 4.79 Å². The molecule has 0 radical (unpaired) electrons. The fraction of sp³-hybridized carbons (Fsp3) is 0.158. The van der Waals surface area contributed by atoms with Crippen LogP contribution in [0.3, 0.4) is 0 Å². The highest BCUT2D eigenvalue weighted by atomic mass is 16.2. The first-order chi connectivity index (χ1) is 12.5. The normalized spacial score (nSPS) is 11.2. The molecule has 0 aliphatic carbocycles. The van der Waals surface area contributed by atoms with Gasteiger partial charge in [-0.1, -0.05) is 24.3 Å². The molecule has 0 bridgehead atoms. The smallest absolute Gasteiger partial charge is 0.324 e. The Morgan fingerprint density at radius 2 is 1.92 bits per heavy atom. The summed E-state index contributed by atoms with van der Waals surface area (Å²) in [6, 6.07) is 13.1. The minimum absolute atomic E-state index is 0.164. The lowest BCUT2D eigenvalue weighted by molar-refractivity contribution is -0.117. The van der Waals surface area contributed by atoms with E-state index in [9.17, 15) is 9.59 Å². The molecule has 4 aromatic rings. The monoisotopic (exact) mass is 347 g/mol. The van der Waals surface area contributed by atoms with E-state index < -0.39 is 5.69 Å². The van der Waals surface area contributed by atoms with Crippen molar-refractivity contribution in [3.63, 3.8) is 0 Å². The fourth-order valence-electron chi connectivity index (χ4n) is 2.92. The predicted molar refractivity (Wildman–Crippen MR) is 99.3 cm³/mol. The second-order valence-corrected chi connectivity index (χ2v) is 6.19. The van der Waals surface area contributed by atoms with E-state index in [4.69, 9.17) is 0 Å². The first kappa shape index (κ1) is 16.0. The van der Waals surface area contributed by atoms with E-state index in [1.165, 1.54) is 10.7 Å². The van der Waals surface area contributed by atoms with Crippen LogP contribution in [0, 0.1) is 13.8 Å². The van der Waals surface area contributed by atoms with Crippen molar-refractivity contribution in [2.45, 2.75) is 20.4 Å². The summed E-state index contributed by atoms with van der Waals surface area (Å²) in [7, 11) is 0. The van der Waals surface area contributed by atoms with E-state index in [2.05, 4.69) is 15.4 Å². The maximum Gasteiger partial charge on any atom is 0.352 e. The number of hydrogen-bond acceptors (Lipinski definition) is 4. The molecule has 0 atom stereocenters. The van der Waals surface area contributed by atoms with Crippen LogP contribution in [-0.2, 0) is 11.3 Å². The van der Waals surface area contributed by atoms with E-state index in [-0.39, 0.29) is 12.5 Å². The first-order valence-electron chi connectivity index (χ1n) is 8.23. The highest BCUT2D eigenvalue weighted by molar-refractivity contribution is 5.92. The lowest BCUT2D eigenvalue weighted by Crippen LogP contribution is -2.28. The lowest BCUT2D eigenvalue weighted by atomic mass is 10.1. The molecule has 0 fully saturated rings. The van der Waals surface area contributed by atoms with Crippen LogP contribution in [0.4, 0.5) is 5.69 Å². The molecule has 26 heavy (non-hydrogen) atoms. The molecule has 4 rings (SSSR count). The number of amides is 1. The third-order valence-corrected chi connectivity index (χ3v) is 4.50. The summed E-state index contributed by atoms with van der Waals surface area (Å²) in [6.45, 7) is 3.76. The molecule has 2 heterocycles. The number of anilines is 1. The molecule has 2 aromatic carbocycles. The van der Waals surface area contributed by atoms with Gasteiger partial charge in [-0.15, -0.1) is 5.10 Å². The Balaban J connectivity index is 1.68. The topological polar surface area (TPSA) is 81.3 Å². The molecular formula is C19H17N5O2. The number of aromatic nitrogens is 4. The van der Waals surface area contributed by atoms with Gasteiger partial charge in [0.2, 0.25) is 5.91 Å². The van der Waals surface area contributed by atoms with Crippen molar-refractivity contribution in [1.82, 2.24) is 19.2 Å². The molecule has 0 spiro atoms. The van der Waals surface area contributed by atoms with Gasteiger partial charge in [-0.25, -0.2) is 18.9 Å². The maximum absolute atomic E-state index is 12.5. The zero-order chi connectivity index (χ0) is 18.3. The maximum atomic E-state index is 12.5. The van der Waals surface area contributed by atoms with Gasteiger partial charge in [0.25, 0.3) is 0 Å². The van der Waals surface area contributed by atoms with Gasteiger partial charge in [0.15, 0.2) is 5.65 Å². The van der Waals surface area contributed by atoms with Crippen LogP contribution in [0.25, 0.3) is 16.6 Å². The molecule has 0 aliphatic rings. The van der Waals surface area contributed by atoms with Crippen molar-refractivity contribution in [2.24, 2.45) is 0 Å². The Morgan fingerprint density at radius 3 is 2.77 bits per heavy atom. The molecule has 1 N–H and O–H groups in total. The van der Waals surface area contributed by atoms with Crippen LogP contribution < -0.4 is 11.0 Å². The minimum atomic E-state index is -0.394. The highest BCUT2D eigenvalue weighted by Gasteiger charge is 2.14. The molecule has 7 heteroatoms. The van der Waals surface area contributed by atoms with Crippen LogP contribution >= 0.6 is 0 Å². The van der Waals surface area contributed by atoms with Crippen molar-refractivity contribution in [2.75, 3.05) is 5.32 Å². The summed E-state index contributed by atoms with van der Waals surface area (Å²) < 4.78 is 2.51. The number of carbonyl (C=O) groups is 1. The van der Waals surface area contributed by atoms with E-state index in [1.807, 2.05) is 56.3 Å². The number of carbonyl (C=O) groups excluding carboxylic acids is 1. The van der Waals surface area contributed by atoms with Crippen LogP contribution in [0.2, 0.25) is 0 Å². The van der Waals surface area contributed by atoms with Gasteiger partial charge in [0.05, 0.1) is 5.52 Å². The Labute approximate surface area is 148 Å². The van der Waals surface area contributed by atoms with Crippen LogP contribution in [0.15, 0.2) is 53.6 Å². The fourth-order valence-corrected chi connectivity index (χ4v) is 2.92. The summed E-state index contributed by atoms with van der Waals surface area (Å²) in [6.07, 6.45) is 1.44. The molecule has 1 amide bonds. The number of fused-ring (bicyclic) bond motifs is 3. The van der Waals surface area contributed by atoms with Crippen LogP contribution in [0.5, 0.6) is 0 Å². The Morgan fingerprint density at radius 1 is 1.12 bits per heavy atom. The average Bonchev–Trinajstić information content (AvgIpc) is 2.95. The molecule has 0 saturated carbocycles. The lowest BCUT2D eigenvalue weighted by Gasteiger charge is -2.09. The predicted octanol–water partition coefficient (Wildman–Crippen LogP) is 2.30. The Hall–Kier alpha value is -3.48. The second-order valence-electron chi connectivity index (χ2n) is 6.19. The number of para-hydroxylation sites is 1. The Bertz CT molecular complexity index is 1210.